The van der Waals surface area contributed by atoms with Crippen molar-refractivity contribution in [1.82, 2.24) is 5.32 Å². The van der Waals surface area contributed by atoms with Crippen molar-refractivity contribution in [2.45, 2.75) is 46.1 Å². The third kappa shape index (κ3) is 4.78. The number of phenolic OH excluding ortho intramolecular Hbond substituents is 1. The Morgan fingerprint density at radius 3 is 2.50 bits per heavy atom. The van der Waals surface area contributed by atoms with Gasteiger partial charge in [0.2, 0.25) is 5.91 Å². The zero-order chi connectivity index (χ0) is 13.4. The van der Waals surface area contributed by atoms with Crippen molar-refractivity contribution in [2.75, 3.05) is 0 Å². The van der Waals surface area contributed by atoms with Gasteiger partial charge in [0.25, 0.3) is 0 Å². The Bertz CT molecular complexity index is 371. The molecule has 0 bridgehead atoms. The minimum atomic E-state index is 0.123. The molecular weight excluding hydrogens is 226 g/mol. The van der Waals surface area contributed by atoms with Crippen LogP contribution < -0.4 is 5.32 Å². The zero-order valence-corrected chi connectivity index (χ0v) is 11.3. The molecule has 0 aliphatic carbocycles. The number of hydrogen-bond acceptors (Lipinski definition) is 2. The van der Waals surface area contributed by atoms with E-state index in [-0.39, 0.29) is 17.6 Å². The highest BCUT2D eigenvalue weighted by molar-refractivity contribution is 5.78. The summed E-state index contributed by atoms with van der Waals surface area (Å²) in [6, 6.07) is 6.98. The highest BCUT2D eigenvalue weighted by Crippen LogP contribution is 2.14. The van der Waals surface area contributed by atoms with Crippen molar-refractivity contribution in [1.29, 1.82) is 0 Å². The maximum atomic E-state index is 12.0. The third-order valence-corrected chi connectivity index (χ3v) is 3.02. The second kappa shape index (κ2) is 7.75. The van der Waals surface area contributed by atoms with Gasteiger partial charge in [-0.25, -0.2) is 0 Å². The molecule has 0 atom stereocenters. The Morgan fingerprint density at radius 1 is 1.28 bits per heavy atom. The molecule has 0 heterocycles. The lowest BCUT2D eigenvalue weighted by molar-refractivity contribution is -0.125. The van der Waals surface area contributed by atoms with Crippen LogP contribution >= 0.6 is 0 Å². The summed E-state index contributed by atoms with van der Waals surface area (Å²) >= 11 is 0. The standard InChI is InChI=1S/C15H23NO2/c1-3-6-13(7-4-2)15(18)16-11-12-8-5-9-14(17)10-12/h5,8-10,13,17H,3-4,6-7,11H2,1-2H3,(H,16,18). The van der Waals surface area contributed by atoms with Gasteiger partial charge >= 0.3 is 0 Å². The number of aromatic hydroxyl groups is 1. The molecule has 0 aromatic heterocycles. The van der Waals surface area contributed by atoms with Gasteiger partial charge in [0, 0.05) is 12.5 Å². The average Bonchev–Trinajstić information content (AvgIpc) is 2.36. The molecule has 3 heteroatoms. The molecule has 0 fully saturated rings. The Morgan fingerprint density at radius 2 is 1.94 bits per heavy atom. The lowest BCUT2D eigenvalue weighted by atomic mass is 9.97. The molecule has 0 radical (unpaired) electrons. The van der Waals surface area contributed by atoms with Crippen LogP contribution in [-0.4, -0.2) is 11.0 Å². The van der Waals surface area contributed by atoms with Gasteiger partial charge < -0.3 is 10.4 Å². The summed E-state index contributed by atoms with van der Waals surface area (Å²) in [7, 11) is 0. The van der Waals surface area contributed by atoms with Gasteiger partial charge in [-0.3, -0.25) is 4.79 Å². The van der Waals surface area contributed by atoms with Gasteiger partial charge in [-0.15, -0.1) is 0 Å². The Labute approximate surface area is 109 Å². The van der Waals surface area contributed by atoms with Gasteiger partial charge in [-0.2, -0.15) is 0 Å². The molecule has 1 aromatic carbocycles. The molecule has 18 heavy (non-hydrogen) atoms. The molecular formula is C15H23NO2. The number of carbonyl (C=O) groups is 1. The number of phenols is 1. The van der Waals surface area contributed by atoms with Gasteiger partial charge in [-0.1, -0.05) is 38.8 Å². The molecule has 1 amide bonds. The summed E-state index contributed by atoms with van der Waals surface area (Å²) in [5.41, 5.74) is 0.926. The van der Waals surface area contributed by atoms with E-state index in [1.165, 1.54) is 0 Å². The number of carbonyl (C=O) groups excluding carboxylic acids is 1. The fourth-order valence-electron chi connectivity index (χ4n) is 2.10. The maximum absolute atomic E-state index is 12.0. The first-order chi connectivity index (χ1) is 8.67. The lowest BCUT2D eigenvalue weighted by Gasteiger charge is -2.15. The van der Waals surface area contributed by atoms with E-state index in [4.69, 9.17) is 0 Å². The van der Waals surface area contributed by atoms with Crippen LogP contribution in [0.5, 0.6) is 5.75 Å². The number of rotatable bonds is 7. The van der Waals surface area contributed by atoms with Crippen LogP contribution in [0.1, 0.15) is 45.1 Å². The van der Waals surface area contributed by atoms with Crippen molar-refractivity contribution in [3.05, 3.63) is 29.8 Å². The molecule has 0 unspecified atom stereocenters. The van der Waals surface area contributed by atoms with Gasteiger partial charge in [0.05, 0.1) is 0 Å². The summed E-state index contributed by atoms with van der Waals surface area (Å²) in [4.78, 5) is 12.0. The van der Waals surface area contributed by atoms with Crippen LogP contribution in [0.4, 0.5) is 0 Å². The number of amides is 1. The van der Waals surface area contributed by atoms with Crippen molar-refractivity contribution in [2.24, 2.45) is 5.92 Å². The summed E-state index contributed by atoms with van der Waals surface area (Å²) in [6.07, 6.45) is 3.95. The molecule has 0 saturated carbocycles. The van der Waals surface area contributed by atoms with E-state index in [9.17, 15) is 9.90 Å². The first-order valence-corrected chi connectivity index (χ1v) is 6.73. The Balaban J connectivity index is 2.48. The minimum Gasteiger partial charge on any atom is -0.508 e. The van der Waals surface area contributed by atoms with Crippen LogP contribution in [-0.2, 0) is 11.3 Å². The Hall–Kier alpha value is -1.51. The number of nitrogens with one attached hydrogen (secondary N) is 1. The zero-order valence-electron chi connectivity index (χ0n) is 11.3. The van der Waals surface area contributed by atoms with E-state index in [0.717, 1.165) is 31.2 Å². The van der Waals surface area contributed by atoms with Gasteiger partial charge in [0.15, 0.2) is 0 Å². The fraction of sp³-hybridized carbons (Fsp3) is 0.533. The normalized spacial score (nSPS) is 10.6. The Kier molecular flexibility index (Phi) is 6.26. The van der Waals surface area contributed by atoms with Crippen LogP contribution in [0.25, 0.3) is 0 Å². The van der Waals surface area contributed by atoms with E-state index in [1.807, 2.05) is 6.07 Å². The molecule has 3 nitrogen and oxygen atoms in total. The van der Waals surface area contributed by atoms with E-state index in [0.29, 0.717) is 6.54 Å². The predicted octanol–water partition coefficient (Wildman–Crippen LogP) is 3.22. The molecule has 0 aliphatic rings. The molecule has 0 spiro atoms. The molecule has 1 rings (SSSR count). The number of hydrogen-bond donors (Lipinski definition) is 2. The van der Waals surface area contributed by atoms with Crippen molar-refractivity contribution < 1.29 is 9.90 Å². The highest BCUT2D eigenvalue weighted by Gasteiger charge is 2.15. The van der Waals surface area contributed by atoms with Crippen LogP contribution in [0, 0.1) is 5.92 Å². The monoisotopic (exact) mass is 249 g/mol. The smallest absolute Gasteiger partial charge is 0.223 e. The molecule has 100 valence electrons. The van der Waals surface area contributed by atoms with Gasteiger partial charge in [0.1, 0.15) is 5.75 Å². The molecule has 2 N–H and O–H groups in total. The summed E-state index contributed by atoms with van der Waals surface area (Å²) in [5.74, 6) is 0.486. The van der Waals surface area contributed by atoms with Crippen molar-refractivity contribution >= 4 is 5.91 Å². The minimum absolute atomic E-state index is 0.123. The van der Waals surface area contributed by atoms with Crippen molar-refractivity contribution in [3.8, 4) is 5.75 Å². The molecule has 1 aromatic rings. The van der Waals surface area contributed by atoms with E-state index in [1.54, 1.807) is 18.2 Å². The fourth-order valence-corrected chi connectivity index (χ4v) is 2.10. The summed E-state index contributed by atoms with van der Waals surface area (Å²) < 4.78 is 0. The predicted molar refractivity (Wildman–Crippen MR) is 73.3 cm³/mol. The lowest BCUT2D eigenvalue weighted by Crippen LogP contribution is -2.30. The van der Waals surface area contributed by atoms with Crippen LogP contribution in [0.3, 0.4) is 0 Å². The second-order valence-corrected chi connectivity index (χ2v) is 4.66. The third-order valence-electron chi connectivity index (χ3n) is 3.02. The molecule has 0 aliphatic heterocycles. The quantitative estimate of drug-likeness (QED) is 0.779. The number of benzene rings is 1. The first kappa shape index (κ1) is 14.6. The average molecular weight is 249 g/mol. The highest BCUT2D eigenvalue weighted by atomic mass is 16.3. The summed E-state index contributed by atoms with van der Waals surface area (Å²) in [6.45, 7) is 4.69. The largest absolute Gasteiger partial charge is 0.508 e. The summed E-state index contributed by atoms with van der Waals surface area (Å²) in [5, 5.41) is 12.3. The van der Waals surface area contributed by atoms with Gasteiger partial charge in [-0.05, 0) is 30.5 Å². The van der Waals surface area contributed by atoms with Crippen LogP contribution in [0.2, 0.25) is 0 Å². The molecule has 0 saturated heterocycles. The van der Waals surface area contributed by atoms with Crippen molar-refractivity contribution in [3.63, 3.8) is 0 Å². The SMILES string of the molecule is CCCC(CCC)C(=O)NCc1cccc(O)c1. The van der Waals surface area contributed by atoms with E-state index >= 15 is 0 Å². The topological polar surface area (TPSA) is 49.3 Å². The van der Waals surface area contributed by atoms with E-state index < -0.39 is 0 Å². The van der Waals surface area contributed by atoms with E-state index in [2.05, 4.69) is 19.2 Å². The van der Waals surface area contributed by atoms with Crippen LogP contribution in [0.15, 0.2) is 24.3 Å². The maximum Gasteiger partial charge on any atom is 0.223 e. The second-order valence-electron chi connectivity index (χ2n) is 4.66. The first-order valence-electron chi connectivity index (χ1n) is 6.73.